The van der Waals surface area contributed by atoms with E-state index < -0.39 is 0 Å². The number of thioether (sulfide) groups is 1. The average molecular weight is 421 g/mol. The molecule has 0 saturated carbocycles. The summed E-state index contributed by atoms with van der Waals surface area (Å²) in [6.45, 7) is 3.09. The van der Waals surface area contributed by atoms with Crippen LogP contribution in [0.4, 0.5) is 4.39 Å². The molecule has 30 heavy (non-hydrogen) atoms. The highest BCUT2D eigenvalue weighted by molar-refractivity contribution is 7.98. The van der Waals surface area contributed by atoms with Crippen LogP contribution in [0, 0.1) is 5.82 Å². The largest absolute Gasteiger partial charge is 0.352 e. The van der Waals surface area contributed by atoms with Gasteiger partial charge in [0, 0.05) is 24.1 Å². The molecule has 152 valence electrons. The second-order valence-corrected chi connectivity index (χ2v) is 7.74. The first-order valence-corrected chi connectivity index (χ1v) is 10.7. The molecule has 1 amide bonds. The van der Waals surface area contributed by atoms with Crippen molar-refractivity contribution in [3.8, 4) is 0 Å². The Labute approximate surface area is 178 Å². The fourth-order valence-corrected chi connectivity index (χ4v) is 4.08. The lowest BCUT2D eigenvalue weighted by molar-refractivity contribution is 0.0956. The Morgan fingerprint density at radius 3 is 2.53 bits per heavy atom. The first-order valence-electron chi connectivity index (χ1n) is 9.69. The zero-order valence-electron chi connectivity index (χ0n) is 16.5. The fraction of sp³-hybridized carbons (Fsp3) is 0.174. The van der Waals surface area contributed by atoms with E-state index in [1.54, 1.807) is 30.1 Å². The number of nitrogens with zero attached hydrogens (tertiary/aromatic N) is 3. The normalized spacial score (nSPS) is 11.0. The van der Waals surface area contributed by atoms with Gasteiger partial charge in [-0.1, -0.05) is 36.0 Å². The molecular formula is C23H21FN4OS. The summed E-state index contributed by atoms with van der Waals surface area (Å²) in [5, 5.41) is 3.65. The molecule has 1 N–H and O–H groups in total. The maximum Gasteiger partial charge on any atom is 0.251 e. The zero-order chi connectivity index (χ0) is 20.9. The van der Waals surface area contributed by atoms with E-state index in [1.807, 2.05) is 43.3 Å². The van der Waals surface area contributed by atoms with E-state index in [0.29, 0.717) is 24.4 Å². The molecule has 7 heteroatoms. The van der Waals surface area contributed by atoms with E-state index in [2.05, 4.69) is 14.9 Å². The van der Waals surface area contributed by atoms with Gasteiger partial charge in [0.05, 0.1) is 6.54 Å². The second-order valence-electron chi connectivity index (χ2n) is 6.80. The van der Waals surface area contributed by atoms with Crippen LogP contribution in [0.3, 0.4) is 0 Å². The molecule has 0 aliphatic heterocycles. The van der Waals surface area contributed by atoms with Gasteiger partial charge in [-0.3, -0.25) is 9.36 Å². The number of hydrogen-bond acceptors (Lipinski definition) is 4. The minimum Gasteiger partial charge on any atom is -0.352 e. The Morgan fingerprint density at radius 1 is 1.07 bits per heavy atom. The molecule has 0 aliphatic carbocycles. The number of aromatic nitrogens is 3. The van der Waals surface area contributed by atoms with E-state index in [4.69, 9.17) is 4.98 Å². The number of carbonyl (C=O) groups excluding carboxylic acids is 1. The van der Waals surface area contributed by atoms with Gasteiger partial charge in [-0.25, -0.2) is 14.4 Å². The highest BCUT2D eigenvalue weighted by Gasteiger charge is 2.13. The number of fused-ring (bicyclic) bond motifs is 1. The van der Waals surface area contributed by atoms with Crippen molar-refractivity contribution < 1.29 is 9.18 Å². The van der Waals surface area contributed by atoms with Gasteiger partial charge in [-0.2, -0.15) is 0 Å². The number of benzene rings is 2. The number of rotatable bonds is 7. The van der Waals surface area contributed by atoms with Crippen LogP contribution in [0.25, 0.3) is 11.2 Å². The van der Waals surface area contributed by atoms with Gasteiger partial charge in [0.25, 0.3) is 5.91 Å². The topological polar surface area (TPSA) is 59.8 Å². The average Bonchev–Trinajstić information content (AvgIpc) is 3.11. The summed E-state index contributed by atoms with van der Waals surface area (Å²) < 4.78 is 15.2. The van der Waals surface area contributed by atoms with E-state index >= 15 is 0 Å². The SMILES string of the molecule is CCNC(=O)c1ccc(Cn2c(SCc3ccc(F)cc3)nc3cccnc32)cc1. The molecular weight excluding hydrogens is 399 g/mol. The van der Waals surface area contributed by atoms with Gasteiger partial charge in [0.15, 0.2) is 10.8 Å². The number of halogens is 1. The highest BCUT2D eigenvalue weighted by atomic mass is 32.2. The summed E-state index contributed by atoms with van der Waals surface area (Å²) >= 11 is 1.59. The lowest BCUT2D eigenvalue weighted by Gasteiger charge is -2.10. The summed E-state index contributed by atoms with van der Waals surface area (Å²) in [4.78, 5) is 21.2. The van der Waals surface area contributed by atoms with E-state index in [-0.39, 0.29) is 11.7 Å². The van der Waals surface area contributed by atoms with Gasteiger partial charge in [0.1, 0.15) is 11.3 Å². The summed E-state index contributed by atoms with van der Waals surface area (Å²) in [5.74, 6) is 0.366. The first kappa shape index (κ1) is 20.1. The van der Waals surface area contributed by atoms with Crippen LogP contribution < -0.4 is 5.32 Å². The van der Waals surface area contributed by atoms with Crippen molar-refractivity contribution in [3.63, 3.8) is 0 Å². The molecule has 2 aromatic heterocycles. The van der Waals surface area contributed by atoms with Crippen LogP contribution in [0.1, 0.15) is 28.4 Å². The standard InChI is InChI=1S/C23H21FN4OS/c1-2-25-22(29)18-9-5-16(6-10-18)14-28-21-20(4-3-13-26-21)27-23(28)30-15-17-7-11-19(24)12-8-17/h3-13H,2,14-15H2,1H3,(H,25,29). The summed E-state index contributed by atoms with van der Waals surface area (Å²) in [5.41, 5.74) is 4.36. The van der Waals surface area contributed by atoms with Crippen LogP contribution in [0.2, 0.25) is 0 Å². The third-order valence-electron chi connectivity index (χ3n) is 4.64. The van der Waals surface area contributed by atoms with Crippen LogP contribution in [0.15, 0.2) is 72.0 Å². The van der Waals surface area contributed by atoms with Crippen LogP contribution in [-0.4, -0.2) is 27.0 Å². The Hall–Kier alpha value is -3.19. The molecule has 0 fully saturated rings. The number of imidazole rings is 1. The Bertz CT molecular complexity index is 1160. The summed E-state index contributed by atoms with van der Waals surface area (Å²) in [6, 6.07) is 17.9. The minimum atomic E-state index is -0.240. The predicted molar refractivity (Wildman–Crippen MR) is 117 cm³/mol. The maximum atomic E-state index is 13.2. The maximum absolute atomic E-state index is 13.2. The van der Waals surface area contributed by atoms with Gasteiger partial charge in [-0.05, 0) is 54.4 Å². The molecule has 0 bridgehead atoms. The molecule has 4 rings (SSSR count). The van der Waals surface area contributed by atoms with Crippen molar-refractivity contribution in [1.29, 1.82) is 0 Å². The van der Waals surface area contributed by atoms with Crippen molar-refractivity contribution in [2.75, 3.05) is 6.54 Å². The van der Waals surface area contributed by atoms with Crippen molar-refractivity contribution in [1.82, 2.24) is 19.9 Å². The first-order chi connectivity index (χ1) is 14.6. The van der Waals surface area contributed by atoms with Crippen molar-refractivity contribution in [3.05, 3.63) is 89.4 Å². The zero-order valence-corrected chi connectivity index (χ0v) is 17.3. The van der Waals surface area contributed by atoms with E-state index in [0.717, 1.165) is 27.4 Å². The smallest absolute Gasteiger partial charge is 0.251 e. The van der Waals surface area contributed by atoms with Crippen LogP contribution >= 0.6 is 11.8 Å². The lowest BCUT2D eigenvalue weighted by atomic mass is 10.1. The lowest BCUT2D eigenvalue weighted by Crippen LogP contribution is -2.22. The molecule has 0 atom stereocenters. The Kier molecular flexibility index (Phi) is 6.09. The van der Waals surface area contributed by atoms with Gasteiger partial charge in [0.2, 0.25) is 0 Å². The number of amides is 1. The second kappa shape index (κ2) is 9.09. The third kappa shape index (κ3) is 4.52. The molecule has 0 radical (unpaired) electrons. The molecule has 0 saturated heterocycles. The van der Waals surface area contributed by atoms with Gasteiger partial charge < -0.3 is 5.32 Å². The van der Waals surface area contributed by atoms with E-state index in [1.165, 1.54) is 12.1 Å². The fourth-order valence-electron chi connectivity index (χ4n) is 3.13. The molecule has 2 heterocycles. The monoisotopic (exact) mass is 420 g/mol. The molecule has 0 unspecified atom stereocenters. The van der Waals surface area contributed by atoms with E-state index in [9.17, 15) is 9.18 Å². The molecule has 4 aromatic rings. The van der Waals surface area contributed by atoms with Crippen LogP contribution in [0.5, 0.6) is 0 Å². The third-order valence-corrected chi connectivity index (χ3v) is 5.69. The number of pyridine rings is 1. The number of hydrogen-bond donors (Lipinski definition) is 1. The Balaban J connectivity index is 1.58. The predicted octanol–water partition coefficient (Wildman–Crippen LogP) is 4.66. The minimum absolute atomic E-state index is 0.0747. The van der Waals surface area contributed by atoms with Crippen molar-refractivity contribution >= 4 is 28.8 Å². The molecule has 5 nitrogen and oxygen atoms in total. The summed E-state index contributed by atoms with van der Waals surface area (Å²) in [7, 11) is 0. The number of nitrogens with one attached hydrogen (secondary N) is 1. The van der Waals surface area contributed by atoms with Gasteiger partial charge >= 0.3 is 0 Å². The van der Waals surface area contributed by atoms with Crippen molar-refractivity contribution in [2.45, 2.75) is 24.4 Å². The highest BCUT2D eigenvalue weighted by Crippen LogP contribution is 2.27. The number of carbonyl (C=O) groups is 1. The molecule has 0 aliphatic rings. The Morgan fingerprint density at radius 2 is 1.80 bits per heavy atom. The van der Waals surface area contributed by atoms with Crippen LogP contribution in [-0.2, 0) is 12.3 Å². The van der Waals surface area contributed by atoms with Crippen molar-refractivity contribution in [2.24, 2.45) is 0 Å². The summed E-state index contributed by atoms with van der Waals surface area (Å²) in [6.07, 6.45) is 1.76. The quantitative estimate of drug-likeness (QED) is 0.442. The van der Waals surface area contributed by atoms with Gasteiger partial charge in [-0.15, -0.1) is 0 Å². The molecule has 0 spiro atoms. The molecule has 2 aromatic carbocycles.